The molecule has 245 valence electrons. The average molecular weight is 685 g/mol. The molecule has 0 spiro atoms. The van der Waals surface area contributed by atoms with Crippen LogP contribution in [0.3, 0.4) is 0 Å². The SMILES string of the molecule is CC(=O)[O-].CC(=O)[O-].CCc1cc(C(F)(F)F)cc(C=Nc2ccccc2N=Cc2cc(C(F)(F)F)cc(CC)c2O)c1O.[Co+2]. The summed E-state index contributed by atoms with van der Waals surface area (Å²) >= 11 is 0. The Labute approximate surface area is 265 Å². The fourth-order valence-electron chi connectivity index (χ4n) is 3.46. The van der Waals surface area contributed by atoms with Gasteiger partial charge in [0.1, 0.15) is 11.5 Å². The summed E-state index contributed by atoms with van der Waals surface area (Å²) in [6.07, 6.45) is -6.78. The van der Waals surface area contributed by atoms with Crippen LogP contribution in [0.25, 0.3) is 0 Å². The van der Waals surface area contributed by atoms with Crippen LogP contribution in [0.4, 0.5) is 37.7 Å². The largest absolute Gasteiger partial charge is 2.00 e. The number of phenolic OH excluding ortho intramolecular Hbond substituents is 2. The zero-order valence-corrected chi connectivity index (χ0v) is 25.3. The number of aliphatic carboxylic acids is 2. The van der Waals surface area contributed by atoms with Gasteiger partial charge in [-0.3, -0.25) is 9.98 Å². The Bertz CT molecular complexity index is 1400. The monoisotopic (exact) mass is 685 g/mol. The molecule has 1 radical (unpaired) electrons. The van der Waals surface area contributed by atoms with Crippen LogP contribution in [0.1, 0.15) is 61.1 Å². The first kappa shape index (κ1) is 40.6. The van der Waals surface area contributed by atoms with E-state index in [1.165, 1.54) is 12.1 Å². The van der Waals surface area contributed by atoms with Gasteiger partial charge in [-0.05, 0) is 74.2 Å². The van der Waals surface area contributed by atoms with Crippen LogP contribution in [0, 0.1) is 0 Å². The molecule has 0 saturated carbocycles. The van der Waals surface area contributed by atoms with Gasteiger partial charge in [-0.1, -0.05) is 26.0 Å². The Balaban J connectivity index is 0.00000192. The van der Waals surface area contributed by atoms with E-state index in [9.17, 15) is 36.6 Å². The number of phenols is 2. The summed E-state index contributed by atoms with van der Waals surface area (Å²) in [6, 6.07) is 9.47. The Morgan fingerprint density at radius 2 is 1.00 bits per heavy atom. The number of rotatable bonds is 6. The zero-order valence-electron chi connectivity index (χ0n) is 24.2. The fraction of sp³-hybridized carbons (Fsp3) is 0.267. The summed E-state index contributed by atoms with van der Waals surface area (Å²) in [5.41, 5.74) is -1.59. The van der Waals surface area contributed by atoms with E-state index in [-0.39, 0.29) is 74.7 Å². The molecule has 0 saturated heterocycles. The molecule has 8 nitrogen and oxygen atoms in total. The maximum atomic E-state index is 13.3. The topological polar surface area (TPSA) is 145 Å². The minimum atomic E-state index is -4.62. The molecule has 15 heteroatoms. The number of carboxylic acid groups (broad SMARTS) is 2. The Morgan fingerprint density at radius 3 is 1.24 bits per heavy atom. The molecule has 0 amide bonds. The van der Waals surface area contributed by atoms with Crippen LogP contribution >= 0.6 is 0 Å². The van der Waals surface area contributed by atoms with Gasteiger partial charge < -0.3 is 30.0 Å². The summed E-state index contributed by atoms with van der Waals surface area (Å²) < 4.78 is 79.5. The summed E-state index contributed by atoms with van der Waals surface area (Å²) in [4.78, 5) is 26.1. The van der Waals surface area contributed by atoms with Gasteiger partial charge in [0.2, 0.25) is 0 Å². The van der Waals surface area contributed by atoms with Crippen LogP contribution < -0.4 is 10.2 Å². The summed E-state index contributed by atoms with van der Waals surface area (Å²) in [5, 5.41) is 38.5. The van der Waals surface area contributed by atoms with Crippen molar-refractivity contribution < 1.29 is 73.1 Å². The van der Waals surface area contributed by atoms with Crippen molar-refractivity contribution in [1.29, 1.82) is 0 Å². The van der Waals surface area contributed by atoms with E-state index in [1.807, 2.05) is 0 Å². The molecular weight excluding hydrogens is 657 g/mol. The maximum absolute atomic E-state index is 13.3. The third-order valence-electron chi connectivity index (χ3n) is 5.42. The third-order valence-corrected chi connectivity index (χ3v) is 5.42. The summed E-state index contributed by atoms with van der Waals surface area (Å²) in [5.74, 6) is -2.84. The van der Waals surface area contributed by atoms with Crippen molar-refractivity contribution in [2.75, 3.05) is 0 Å². The predicted molar refractivity (Wildman–Crippen MR) is 147 cm³/mol. The quantitative estimate of drug-likeness (QED) is 0.267. The Morgan fingerprint density at radius 1 is 0.711 bits per heavy atom. The summed E-state index contributed by atoms with van der Waals surface area (Å²) in [7, 11) is 0. The molecule has 2 N–H and O–H groups in total. The molecule has 3 aromatic rings. The van der Waals surface area contributed by atoms with Gasteiger partial charge in [-0.2, -0.15) is 26.3 Å². The number of aliphatic imine (C=N–C) groups is 2. The number of aromatic hydroxyl groups is 2. The second-order valence-electron chi connectivity index (χ2n) is 8.84. The Hall–Kier alpha value is -4.37. The van der Waals surface area contributed by atoms with E-state index in [1.54, 1.807) is 26.0 Å². The van der Waals surface area contributed by atoms with Crippen molar-refractivity contribution in [3.05, 3.63) is 81.9 Å². The molecule has 45 heavy (non-hydrogen) atoms. The van der Waals surface area contributed by atoms with Crippen LogP contribution in [-0.4, -0.2) is 34.6 Å². The number of hydrogen-bond acceptors (Lipinski definition) is 8. The molecule has 0 aliphatic carbocycles. The average Bonchev–Trinajstić information content (AvgIpc) is 2.90. The second kappa shape index (κ2) is 17.8. The zero-order chi connectivity index (χ0) is 33.8. The molecule has 0 bridgehead atoms. The normalized spacial score (nSPS) is 11.2. The maximum Gasteiger partial charge on any atom is 2.00 e. The number of carbonyl (C=O) groups excluding carboxylic acids is 2. The molecule has 0 aliphatic rings. The first-order valence-electron chi connectivity index (χ1n) is 12.7. The van der Waals surface area contributed by atoms with Gasteiger partial charge in [0.05, 0.1) is 22.5 Å². The Kier molecular flexibility index (Phi) is 16.1. The van der Waals surface area contributed by atoms with Gasteiger partial charge in [-0.15, -0.1) is 0 Å². The number of alkyl halides is 6. The smallest absolute Gasteiger partial charge is 0.550 e. The van der Waals surface area contributed by atoms with Gasteiger partial charge >= 0.3 is 29.1 Å². The number of carbonyl (C=O) groups is 2. The van der Waals surface area contributed by atoms with E-state index < -0.39 is 35.4 Å². The molecule has 0 aliphatic heterocycles. The molecule has 0 aromatic heterocycles. The van der Waals surface area contributed by atoms with Gasteiger partial charge in [-0.25, -0.2) is 0 Å². The molecule has 3 aromatic carbocycles. The van der Waals surface area contributed by atoms with Crippen molar-refractivity contribution >= 4 is 35.7 Å². The van der Waals surface area contributed by atoms with Crippen LogP contribution in [-0.2, 0) is 51.6 Å². The summed E-state index contributed by atoms with van der Waals surface area (Å²) in [6.45, 7) is 5.15. The molecule has 0 unspecified atom stereocenters. The van der Waals surface area contributed by atoms with E-state index in [0.717, 1.165) is 50.5 Å². The molecule has 0 atom stereocenters. The number of benzene rings is 3. The first-order chi connectivity index (χ1) is 20.3. The third kappa shape index (κ3) is 13.4. The number of para-hydroxylation sites is 2. The predicted octanol–water partition coefficient (Wildman–Crippen LogP) is 5.27. The second-order valence-corrected chi connectivity index (χ2v) is 8.84. The van der Waals surface area contributed by atoms with Gasteiger partial charge in [0.25, 0.3) is 0 Å². The van der Waals surface area contributed by atoms with Crippen LogP contribution in [0.15, 0.2) is 58.5 Å². The van der Waals surface area contributed by atoms with E-state index in [2.05, 4.69) is 9.98 Å². The molecule has 0 heterocycles. The van der Waals surface area contributed by atoms with Crippen molar-refractivity contribution in [2.24, 2.45) is 9.98 Å². The minimum Gasteiger partial charge on any atom is -0.550 e. The molecular formula is C30H28CoF6N2O6. The van der Waals surface area contributed by atoms with Crippen LogP contribution in [0.5, 0.6) is 11.5 Å². The van der Waals surface area contributed by atoms with E-state index in [0.29, 0.717) is 0 Å². The van der Waals surface area contributed by atoms with E-state index in [4.69, 9.17) is 19.8 Å². The standard InChI is InChI=1S/C26H22F6N2O2.2C2H4O2.Co/c1-3-15-9-19(25(27,28)29)11-17(23(15)35)13-33-21-7-5-6-8-22(21)34-14-18-12-20(26(30,31)32)10-16(4-2)24(18)36;2*1-2(3)4;/h5-14,35-36H,3-4H2,1-2H3;2*1H3,(H,3,4);/q;;;+2/p-2. The van der Waals surface area contributed by atoms with E-state index >= 15 is 0 Å². The van der Waals surface area contributed by atoms with Crippen molar-refractivity contribution in [1.82, 2.24) is 0 Å². The number of nitrogens with zero attached hydrogens (tertiary/aromatic N) is 2. The minimum absolute atomic E-state index is 0. The van der Waals surface area contributed by atoms with Crippen molar-refractivity contribution in [3.63, 3.8) is 0 Å². The van der Waals surface area contributed by atoms with Crippen LogP contribution in [0.2, 0.25) is 0 Å². The first-order valence-corrected chi connectivity index (χ1v) is 12.7. The molecule has 0 fully saturated rings. The number of aryl methyl sites for hydroxylation is 2. The number of halogens is 6. The van der Waals surface area contributed by atoms with Crippen molar-refractivity contribution in [2.45, 2.75) is 52.9 Å². The van der Waals surface area contributed by atoms with Crippen molar-refractivity contribution in [3.8, 4) is 11.5 Å². The fourth-order valence-corrected chi connectivity index (χ4v) is 3.46. The molecule has 3 rings (SSSR count). The number of carboxylic acids is 2. The number of hydrogen-bond donors (Lipinski definition) is 2. The van der Waals surface area contributed by atoms with Gasteiger partial charge in [0.15, 0.2) is 0 Å². The van der Waals surface area contributed by atoms with Gasteiger partial charge in [0, 0.05) is 35.5 Å².